The molecule has 0 saturated heterocycles. The fourth-order valence-corrected chi connectivity index (χ4v) is 1.26. The maximum absolute atomic E-state index is 11.9. The van der Waals surface area contributed by atoms with Gasteiger partial charge in [-0.1, -0.05) is 0 Å². The Morgan fingerprint density at radius 1 is 1.19 bits per heavy atom. The van der Waals surface area contributed by atoms with Crippen LogP contribution in [0, 0.1) is 0 Å². The Hall–Kier alpha value is -1.98. The Morgan fingerprint density at radius 3 is 2.62 bits per heavy atom. The van der Waals surface area contributed by atoms with Gasteiger partial charge in [-0.25, -0.2) is 0 Å². The van der Waals surface area contributed by atoms with Crippen molar-refractivity contribution in [2.24, 2.45) is 0 Å². The lowest BCUT2D eigenvalue weighted by Gasteiger charge is -2.08. The molecule has 0 aliphatic rings. The lowest BCUT2D eigenvalue weighted by molar-refractivity contribution is -0.274. The zero-order valence-electron chi connectivity index (χ0n) is 7.75. The van der Waals surface area contributed by atoms with Crippen LogP contribution >= 0.6 is 0 Å². The third-order valence-electron chi connectivity index (χ3n) is 1.86. The van der Waals surface area contributed by atoms with Crippen molar-refractivity contribution in [1.29, 1.82) is 0 Å². The fraction of sp³-hybridized carbons (Fsp3) is 0.100. The van der Waals surface area contributed by atoms with E-state index in [1.165, 1.54) is 12.3 Å². The summed E-state index contributed by atoms with van der Waals surface area (Å²) in [6, 6.07) is 4.45. The Labute approximate surface area is 87.1 Å². The molecular weight excluding hydrogens is 225 g/mol. The zero-order chi connectivity index (χ0) is 11.8. The molecule has 2 rings (SSSR count). The Balaban J connectivity index is 2.52. The van der Waals surface area contributed by atoms with Crippen LogP contribution < -0.4 is 10.2 Å². The van der Waals surface area contributed by atoms with Crippen molar-refractivity contribution in [3.8, 4) is 5.75 Å². The molecule has 1 heterocycles. The van der Waals surface area contributed by atoms with Crippen molar-refractivity contribution in [3.63, 3.8) is 0 Å². The quantitative estimate of drug-likeness (QED) is 0.756. The molecule has 84 valence electrons. The fourth-order valence-electron chi connectivity index (χ4n) is 1.26. The van der Waals surface area contributed by atoms with Crippen LogP contribution in [-0.4, -0.2) is 6.36 Å². The SMILES string of the molecule is O=c1ccoc2ccc(OC(F)(F)F)cc12. The van der Waals surface area contributed by atoms with Crippen molar-refractivity contribution in [2.75, 3.05) is 0 Å². The van der Waals surface area contributed by atoms with Gasteiger partial charge < -0.3 is 9.15 Å². The first-order valence-electron chi connectivity index (χ1n) is 4.23. The summed E-state index contributed by atoms with van der Waals surface area (Å²) in [7, 11) is 0. The second kappa shape index (κ2) is 3.55. The van der Waals surface area contributed by atoms with Gasteiger partial charge in [0.1, 0.15) is 11.3 Å². The topological polar surface area (TPSA) is 39.4 Å². The summed E-state index contributed by atoms with van der Waals surface area (Å²) in [5, 5.41) is 0.0456. The highest BCUT2D eigenvalue weighted by molar-refractivity contribution is 5.77. The summed E-state index contributed by atoms with van der Waals surface area (Å²) >= 11 is 0. The second-order valence-corrected chi connectivity index (χ2v) is 2.99. The van der Waals surface area contributed by atoms with Gasteiger partial charge in [0, 0.05) is 6.07 Å². The number of benzene rings is 1. The lowest BCUT2D eigenvalue weighted by Crippen LogP contribution is -2.17. The van der Waals surface area contributed by atoms with Gasteiger partial charge in [-0.2, -0.15) is 0 Å². The summed E-state index contributed by atoms with van der Waals surface area (Å²) in [5.41, 5.74) is -0.212. The third kappa shape index (κ3) is 2.16. The molecule has 6 heteroatoms. The molecule has 0 aliphatic carbocycles. The summed E-state index contributed by atoms with van der Waals surface area (Å²) in [6.45, 7) is 0. The number of alkyl halides is 3. The van der Waals surface area contributed by atoms with E-state index >= 15 is 0 Å². The van der Waals surface area contributed by atoms with Crippen LogP contribution in [0.4, 0.5) is 13.2 Å². The monoisotopic (exact) mass is 230 g/mol. The number of halogens is 3. The standard InChI is InChI=1S/C10H5F3O3/c11-10(12,13)16-6-1-2-9-7(5-6)8(14)3-4-15-9/h1-5H. The molecule has 0 bridgehead atoms. The van der Waals surface area contributed by atoms with Gasteiger partial charge in [-0.3, -0.25) is 4.79 Å². The summed E-state index contributed by atoms with van der Waals surface area (Å²) in [6.07, 6.45) is -3.60. The van der Waals surface area contributed by atoms with Crippen molar-refractivity contribution in [3.05, 3.63) is 40.8 Å². The van der Waals surface area contributed by atoms with Crippen molar-refractivity contribution >= 4 is 11.0 Å². The number of hydrogen-bond donors (Lipinski definition) is 0. The molecule has 16 heavy (non-hydrogen) atoms. The first-order valence-corrected chi connectivity index (χ1v) is 4.23. The second-order valence-electron chi connectivity index (χ2n) is 2.99. The molecule has 0 atom stereocenters. The number of rotatable bonds is 1. The van der Waals surface area contributed by atoms with E-state index in [0.717, 1.165) is 18.2 Å². The van der Waals surface area contributed by atoms with E-state index in [1.807, 2.05) is 0 Å². The van der Waals surface area contributed by atoms with Gasteiger partial charge in [0.25, 0.3) is 0 Å². The predicted molar refractivity (Wildman–Crippen MR) is 49.2 cm³/mol. The van der Waals surface area contributed by atoms with Crippen molar-refractivity contribution in [1.82, 2.24) is 0 Å². The normalized spacial score (nSPS) is 11.7. The molecule has 1 aromatic heterocycles. The maximum Gasteiger partial charge on any atom is 0.573 e. The number of fused-ring (bicyclic) bond motifs is 1. The minimum absolute atomic E-state index is 0.0456. The molecule has 0 unspecified atom stereocenters. The van der Waals surface area contributed by atoms with E-state index in [4.69, 9.17) is 4.42 Å². The highest BCUT2D eigenvalue weighted by Gasteiger charge is 2.31. The van der Waals surface area contributed by atoms with Crippen LogP contribution in [0.2, 0.25) is 0 Å². The largest absolute Gasteiger partial charge is 0.573 e. The van der Waals surface area contributed by atoms with Gasteiger partial charge in [0.15, 0.2) is 5.43 Å². The van der Waals surface area contributed by atoms with E-state index < -0.39 is 17.5 Å². The molecule has 0 radical (unpaired) electrons. The molecule has 0 saturated carbocycles. The summed E-state index contributed by atoms with van der Waals surface area (Å²) in [4.78, 5) is 11.3. The average molecular weight is 230 g/mol. The number of ether oxygens (including phenoxy) is 1. The summed E-state index contributed by atoms with van der Waals surface area (Å²) < 4.78 is 44.4. The average Bonchev–Trinajstić information content (AvgIpc) is 2.17. The molecule has 1 aromatic carbocycles. The molecule has 0 aliphatic heterocycles. The molecule has 3 nitrogen and oxygen atoms in total. The van der Waals surface area contributed by atoms with Gasteiger partial charge in [-0.15, -0.1) is 13.2 Å². The Kier molecular flexibility index (Phi) is 2.34. The third-order valence-corrected chi connectivity index (χ3v) is 1.86. The van der Waals surface area contributed by atoms with Crippen molar-refractivity contribution in [2.45, 2.75) is 6.36 Å². The highest BCUT2D eigenvalue weighted by Crippen LogP contribution is 2.24. The minimum Gasteiger partial charge on any atom is -0.464 e. The lowest BCUT2D eigenvalue weighted by atomic mass is 10.2. The Bertz CT molecular complexity index is 571. The van der Waals surface area contributed by atoms with Gasteiger partial charge in [0.2, 0.25) is 0 Å². The van der Waals surface area contributed by atoms with Crippen LogP contribution in [0.3, 0.4) is 0 Å². The van der Waals surface area contributed by atoms with E-state index in [2.05, 4.69) is 4.74 Å². The number of hydrogen-bond acceptors (Lipinski definition) is 3. The van der Waals surface area contributed by atoms with Crippen LogP contribution in [0.5, 0.6) is 5.75 Å². The molecule has 0 amide bonds. The van der Waals surface area contributed by atoms with Crippen LogP contribution in [-0.2, 0) is 0 Å². The van der Waals surface area contributed by atoms with Crippen LogP contribution in [0.1, 0.15) is 0 Å². The van der Waals surface area contributed by atoms with E-state index in [9.17, 15) is 18.0 Å². The first-order chi connectivity index (χ1) is 7.46. The molecular formula is C10H5F3O3. The maximum atomic E-state index is 11.9. The Morgan fingerprint density at radius 2 is 1.94 bits per heavy atom. The van der Waals surface area contributed by atoms with Crippen LogP contribution in [0.15, 0.2) is 39.7 Å². The molecule has 0 spiro atoms. The van der Waals surface area contributed by atoms with Gasteiger partial charge in [-0.05, 0) is 18.2 Å². The van der Waals surface area contributed by atoms with Gasteiger partial charge in [0.05, 0.1) is 11.6 Å². The van der Waals surface area contributed by atoms with E-state index in [0.29, 0.717) is 0 Å². The molecule has 0 N–H and O–H groups in total. The van der Waals surface area contributed by atoms with Gasteiger partial charge >= 0.3 is 6.36 Å². The minimum atomic E-state index is -4.78. The van der Waals surface area contributed by atoms with Crippen molar-refractivity contribution < 1.29 is 22.3 Å². The van der Waals surface area contributed by atoms with Crippen LogP contribution in [0.25, 0.3) is 11.0 Å². The van der Waals surface area contributed by atoms with E-state index in [-0.39, 0.29) is 11.0 Å². The predicted octanol–water partition coefficient (Wildman–Crippen LogP) is 2.69. The molecule has 2 aromatic rings. The zero-order valence-corrected chi connectivity index (χ0v) is 7.75. The van der Waals surface area contributed by atoms with E-state index in [1.54, 1.807) is 0 Å². The molecule has 0 fully saturated rings. The first kappa shape index (κ1) is 10.5. The smallest absolute Gasteiger partial charge is 0.464 e. The summed E-state index contributed by atoms with van der Waals surface area (Å²) in [5.74, 6) is -0.446. The highest BCUT2D eigenvalue weighted by atomic mass is 19.4.